The van der Waals surface area contributed by atoms with Crippen LogP contribution in [-0.2, 0) is 14.3 Å². The summed E-state index contributed by atoms with van der Waals surface area (Å²) in [6, 6.07) is 9.77. The van der Waals surface area contributed by atoms with Crippen LogP contribution in [0.4, 0.5) is 5.69 Å². The van der Waals surface area contributed by atoms with Crippen LogP contribution in [-0.4, -0.2) is 49.8 Å². The molecule has 3 aromatic rings. The van der Waals surface area contributed by atoms with Crippen molar-refractivity contribution in [3.63, 3.8) is 0 Å². The van der Waals surface area contributed by atoms with E-state index in [1.54, 1.807) is 43.6 Å². The van der Waals surface area contributed by atoms with Crippen LogP contribution in [0.25, 0.3) is 11.4 Å². The molecular formula is C20H17N5O4S. The van der Waals surface area contributed by atoms with Crippen molar-refractivity contribution in [2.24, 2.45) is 0 Å². The molecule has 152 valence electrons. The number of nitrogens with one attached hydrogen (secondary N) is 1. The van der Waals surface area contributed by atoms with Gasteiger partial charge in [-0.1, -0.05) is 11.8 Å². The first-order chi connectivity index (χ1) is 14.6. The summed E-state index contributed by atoms with van der Waals surface area (Å²) in [7, 11) is 0. The predicted molar refractivity (Wildman–Crippen MR) is 109 cm³/mol. The number of amides is 2. The van der Waals surface area contributed by atoms with Crippen molar-refractivity contribution in [3.8, 4) is 11.4 Å². The van der Waals surface area contributed by atoms with Gasteiger partial charge in [0, 0.05) is 24.4 Å². The molecule has 1 atom stereocenters. The van der Waals surface area contributed by atoms with Crippen molar-refractivity contribution < 1.29 is 19.1 Å². The monoisotopic (exact) mass is 423 g/mol. The first-order valence-electron chi connectivity index (χ1n) is 9.20. The summed E-state index contributed by atoms with van der Waals surface area (Å²) in [6.07, 6.45) is 3.34. The molecule has 0 aliphatic carbocycles. The molecule has 30 heavy (non-hydrogen) atoms. The van der Waals surface area contributed by atoms with E-state index >= 15 is 0 Å². The number of ether oxygens (including phenoxy) is 1. The van der Waals surface area contributed by atoms with E-state index in [-0.39, 0.29) is 24.8 Å². The highest BCUT2D eigenvalue weighted by Crippen LogP contribution is 2.33. The highest BCUT2D eigenvalue weighted by molar-refractivity contribution is 8.00. The lowest BCUT2D eigenvalue weighted by molar-refractivity contribution is -0.121. The fourth-order valence-electron chi connectivity index (χ4n) is 2.99. The number of nitrogens with zero attached hydrogens (tertiary/aromatic N) is 4. The number of carbonyl (C=O) groups excluding carboxylic acids is 3. The van der Waals surface area contributed by atoms with Crippen LogP contribution in [0.5, 0.6) is 0 Å². The fraction of sp³-hybridized carbons (Fsp3) is 0.200. The van der Waals surface area contributed by atoms with E-state index in [1.807, 2.05) is 0 Å². The highest BCUT2D eigenvalue weighted by Gasteiger charge is 2.40. The minimum absolute atomic E-state index is 0.0439. The number of pyridine rings is 1. The van der Waals surface area contributed by atoms with Gasteiger partial charge < -0.3 is 4.74 Å². The number of aromatic amines is 1. The molecule has 9 nitrogen and oxygen atoms in total. The Hall–Kier alpha value is -3.53. The minimum Gasteiger partial charge on any atom is -0.462 e. The normalized spacial score (nSPS) is 16.2. The molecule has 3 heterocycles. The number of thioether (sulfide) groups is 1. The lowest BCUT2D eigenvalue weighted by Crippen LogP contribution is -2.31. The maximum Gasteiger partial charge on any atom is 0.338 e. The van der Waals surface area contributed by atoms with Gasteiger partial charge in [-0.05, 0) is 43.3 Å². The summed E-state index contributed by atoms with van der Waals surface area (Å²) >= 11 is 1.14. The number of H-pyrrole nitrogens is 1. The third-order valence-electron chi connectivity index (χ3n) is 4.41. The third-order valence-corrected chi connectivity index (χ3v) is 5.45. The van der Waals surface area contributed by atoms with Crippen molar-refractivity contribution in [2.75, 3.05) is 11.5 Å². The van der Waals surface area contributed by atoms with Gasteiger partial charge in [-0.15, -0.1) is 5.10 Å². The molecule has 1 aliphatic rings. The van der Waals surface area contributed by atoms with Gasteiger partial charge in [0.2, 0.25) is 17.0 Å². The average Bonchev–Trinajstić information content (AvgIpc) is 3.33. The molecule has 1 saturated heterocycles. The smallest absolute Gasteiger partial charge is 0.338 e. The van der Waals surface area contributed by atoms with E-state index in [2.05, 4.69) is 20.2 Å². The number of aromatic nitrogens is 4. The van der Waals surface area contributed by atoms with Crippen molar-refractivity contribution in [3.05, 3.63) is 54.4 Å². The van der Waals surface area contributed by atoms with E-state index in [4.69, 9.17) is 4.74 Å². The molecule has 2 amide bonds. The molecule has 1 fully saturated rings. The lowest BCUT2D eigenvalue weighted by Gasteiger charge is -2.15. The first kappa shape index (κ1) is 19.8. The van der Waals surface area contributed by atoms with Crippen LogP contribution < -0.4 is 4.90 Å². The Labute approximate surface area is 175 Å². The number of imide groups is 1. The zero-order valence-electron chi connectivity index (χ0n) is 15.9. The van der Waals surface area contributed by atoms with Crippen molar-refractivity contribution in [1.82, 2.24) is 20.2 Å². The van der Waals surface area contributed by atoms with E-state index in [1.165, 1.54) is 12.1 Å². The zero-order valence-corrected chi connectivity index (χ0v) is 16.8. The summed E-state index contributed by atoms with van der Waals surface area (Å²) in [5.74, 6) is -0.551. The Morgan fingerprint density at radius 3 is 2.63 bits per heavy atom. The summed E-state index contributed by atoms with van der Waals surface area (Å²) in [5.41, 5.74) is 1.59. The molecular weight excluding hydrogens is 406 g/mol. The molecule has 1 aromatic carbocycles. The first-order valence-corrected chi connectivity index (χ1v) is 10.1. The van der Waals surface area contributed by atoms with Crippen LogP contribution in [0.2, 0.25) is 0 Å². The number of esters is 1. The number of rotatable bonds is 6. The van der Waals surface area contributed by atoms with Crippen LogP contribution in [0.3, 0.4) is 0 Å². The molecule has 1 aliphatic heterocycles. The van der Waals surface area contributed by atoms with Crippen LogP contribution in [0.15, 0.2) is 53.9 Å². The Morgan fingerprint density at radius 2 is 1.93 bits per heavy atom. The SMILES string of the molecule is CCOC(=O)c1ccc(N2C(=O)C[C@H](Sc3n[nH]c(-c4ccncc4)n3)C2=O)cc1. The highest BCUT2D eigenvalue weighted by atomic mass is 32.2. The van der Waals surface area contributed by atoms with E-state index in [9.17, 15) is 14.4 Å². The summed E-state index contributed by atoms with van der Waals surface area (Å²) in [4.78, 5) is 46.6. The Kier molecular flexibility index (Phi) is 5.57. The molecule has 0 saturated carbocycles. The molecule has 0 radical (unpaired) electrons. The number of hydrogen-bond donors (Lipinski definition) is 1. The minimum atomic E-state index is -0.622. The standard InChI is InChI=1S/C20H17N5O4S/c1-2-29-19(28)13-3-5-14(6-4-13)25-16(26)11-15(18(25)27)30-20-22-17(23-24-20)12-7-9-21-10-8-12/h3-10,15H,2,11H2,1H3,(H,22,23,24)/t15-/m0/s1. The maximum atomic E-state index is 12.8. The van der Waals surface area contributed by atoms with Crippen LogP contribution in [0.1, 0.15) is 23.7 Å². The third kappa shape index (κ3) is 3.94. The predicted octanol–water partition coefficient (Wildman–Crippen LogP) is 2.47. The van der Waals surface area contributed by atoms with Crippen LogP contribution in [0, 0.1) is 0 Å². The van der Waals surface area contributed by atoms with E-state index < -0.39 is 11.2 Å². The second-order valence-corrected chi connectivity index (χ2v) is 7.52. The zero-order chi connectivity index (χ0) is 21.1. The molecule has 0 bridgehead atoms. The molecule has 2 aromatic heterocycles. The fourth-order valence-corrected chi connectivity index (χ4v) is 3.92. The van der Waals surface area contributed by atoms with Gasteiger partial charge >= 0.3 is 5.97 Å². The lowest BCUT2D eigenvalue weighted by atomic mass is 10.2. The Bertz CT molecular complexity index is 1080. The molecule has 0 unspecified atom stereocenters. The quantitative estimate of drug-likeness (QED) is 0.474. The van der Waals surface area contributed by atoms with Gasteiger partial charge in [0.25, 0.3) is 0 Å². The topological polar surface area (TPSA) is 118 Å². The van der Waals surface area contributed by atoms with Gasteiger partial charge in [0.05, 0.1) is 17.9 Å². The Balaban J connectivity index is 1.47. The number of hydrogen-bond acceptors (Lipinski definition) is 8. The van der Waals surface area contributed by atoms with Gasteiger partial charge in [0.15, 0.2) is 5.82 Å². The van der Waals surface area contributed by atoms with Crippen molar-refractivity contribution in [1.29, 1.82) is 0 Å². The molecule has 1 N–H and O–H groups in total. The van der Waals surface area contributed by atoms with E-state index in [0.29, 0.717) is 22.2 Å². The van der Waals surface area contributed by atoms with Gasteiger partial charge in [-0.25, -0.2) is 14.7 Å². The van der Waals surface area contributed by atoms with Gasteiger partial charge in [0.1, 0.15) is 5.25 Å². The maximum absolute atomic E-state index is 12.8. The second-order valence-electron chi connectivity index (χ2n) is 6.35. The molecule has 10 heteroatoms. The Morgan fingerprint density at radius 1 is 1.20 bits per heavy atom. The average molecular weight is 423 g/mol. The van der Waals surface area contributed by atoms with Gasteiger partial charge in [-0.3, -0.25) is 19.7 Å². The van der Waals surface area contributed by atoms with Crippen LogP contribution >= 0.6 is 11.8 Å². The van der Waals surface area contributed by atoms with Crippen molar-refractivity contribution in [2.45, 2.75) is 23.8 Å². The number of anilines is 1. The molecule has 0 spiro atoms. The summed E-state index contributed by atoms with van der Waals surface area (Å²) in [5, 5.41) is 6.72. The van der Waals surface area contributed by atoms with Crippen molar-refractivity contribution >= 4 is 35.2 Å². The number of carbonyl (C=O) groups is 3. The molecule has 4 rings (SSSR count). The summed E-state index contributed by atoms with van der Waals surface area (Å²) in [6.45, 7) is 1.99. The van der Waals surface area contributed by atoms with E-state index in [0.717, 1.165) is 22.2 Å². The largest absolute Gasteiger partial charge is 0.462 e. The number of benzene rings is 1. The van der Waals surface area contributed by atoms with Gasteiger partial charge in [-0.2, -0.15) is 0 Å². The second kappa shape index (κ2) is 8.46. The summed E-state index contributed by atoms with van der Waals surface area (Å²) < 4.78 is 4.94.